The quantitative estimate of drug-likeness (QED) is 0.371. The molecule has 10 nitrogen and oxygen atoms in total. The van der Waals surface area contributed by atoms with Gasteiger partial charge in [-0.25, -0.2) is 13.4 Å². The van der Waals surface area contributed by atoms with Crippen LogP contribution in [0.25, 0.3) is 16.9 Å². The molecule has 1 amide bonds. The fraction of sp³-hybridized carbons (Fsp3) is 0.280. The number of hydrogen-bond donors (Lipinski definition) is 0. The number of carbonyl (C=O) groups excluding carboxylic acids is 1. The number of sulfonamides is 1. The summed E-state index contributed by atoms with van der Waals surface area (Å²) in [5.74, 6) is -0.0559. The Labute approximate surface area is 220 Å². The lowest BCUT2D eigenvalue weighted by atomic mass is 10.1. The van der Waals surface area contributed by atoms with Gasteiger partial charge < -0.3 is 4.90 Å². The number of pyridine rings is 1. The second-order valence-electron chi connectivity index (χ2n) is 8.96. The Hall–Kier alpha value is -3.54. The molecular formula is C25H26ClN7O3S. The number of imidazole rings is 1. The summed E-state index contributed by atoms with van der Waals surface area (Å²) in [7, 11) is -1.89. The Morgan fingerprint density at radius 3 is 2.41 bits per heavy atom. The van der Waals surface area contributed by atoms with Crippen LogP contribution >= 0.6 is 11.6 Å². The van der Waals surface area contributed by atoms with E-state index in [0.717, 1.165) is 17.0 Å². The maximum atomic E-state index is 12.8. The average Bonchev–Trinajstić information content (AvgIpc) is 3.26. The first-order valence-corrected chi connectivity index (χ1v) is 13.9. The predicted molar refractivity (Wildman–Crippen MR) is 142 cm³/mol. The lowest BCUT2D eigenvalue weighted by molar-refractivity contribution is 0.0626. The predicted octanol–water partition coefficient (Wildman–Crippen LogP) is 2.80. The first-order chi connectivity index (χ1) is 17.7. The minimum absolute atomic E-state index is 0.0559. The number of anilines is 1. The Balaban J connectivity index is 1.45. The molecule has 1 aromatic carbocycles. The molecule has 192 valence electrons. The number of fused-ring (bicyclic) bond motifs is 1. The van der Waals surface area contributed by atoms with Gasteiger partial charge in [-0.1, -0.05) is 23.7 Å². The molecule has 4 heterocycles. The van der Waals surface area contributed by atoms with E-state index in [-0.39, 0.29) is 5.91 Å². The van der Waals surface area contributed by atoms with Crippen LogP contribution in [0.3, 0.4) is 0 Å². The number of piperazine rings is 1. The minimum atomic E-state index is -3.42. The van der Waals surface area contributed by atoms with E-state index in [9.17, 15) is 13.2 Å². The summed E-state index contributed by atoms with van der Waals surface area (Å²) in [4.78, 5) is 21.8. The van der Waals surface area contributed by atoms with Crippen molar-refractivity contribution in [2.24, 2.45) is 0 Å². The van der Waals surface area contributed by atoms with E-state index in [2.05, 4.69) is 15.1 Å². The van der Waals surface area contributed by atoms with E-state index in [1.165, 1.54) is 30.0 Å². The van der Waals surface area contributed by atoms with E-state index in [4.69, 9.17) is 16.6 Å². The summed E-state index contributed by atoms with van der Waals surface area (Å²) >= 11 is 6.12. The zero-order valence-corrected chi connectivity index (χ0v) is 22.0. The number of rotatable bonds is 6. The minimum Gasteiger partial charge on any atom is -0.336 e. The second kappa shape index (κ2) is 10.1. The maximum Gasteiger partial charge on any atom is 0.255 e. The lowest BCUT2D eigenvalue weighted by Crippen LogP contribution is -2.48. The summed E-state index contributed by atoms with van der Waals surface area (Å²) in [5, 5.41) is 8.18. The summed E-state index contributed by atoms with van der Waals surface area (Å²) < 4.78 is 27.5. The highest BCUT2D eigenvalue weighted by Crippen LogP contribution is 2.29. The number of hydrogen-bond acceptors (Lipinski definition) is 7. The molecule has 1 aliphatic heterocycles. The molecule has 0 bridgehead atoms. The summed E-state index contributed by atoms with van der Waals surface area (Å²) in [6, 6.07) is 12.7. The van der Waals surface area contributed by atoms with Crippen molar-refractivity contribution in [3.8, 4) is 11.3 Å². The van der Waals surface area contributed by atoms with E-state index in [1.807, 2.05) is 39.6 Å². The van der Waals surface area contributed by atoms with Gasteiger partial charge in [0.25, 0.3) is 5.91 Å². The molecule has 0 atom stereocenters. The molecular weight excluding hydrogens is 514 g/mol. The highest BCUT2D eigenvalue weighted by Gasteiger charge is 2.25. The van der Waals surface area contributed by atoms with E-state index >= 15 is 0 Å². The molecule has 12 heteroatoms. The van der Waals surface area contributed by atoms with Crippen molar-refractivity contribution >= 4 is 38.9 Å². The number of benzene rings is 1. The van der Waals surface area contributed by atoms with Crippen molar-refractivity contribution in [2.45, 2.75) is 6.54 Å². The number of aromatic nitrogens is 4. The molecule has 0 saturated carbocycles. The zero-order chi connectivity index (χ0) is 26.2. The van der Waals surface area contributed by atoms with Crippen LogP contribution in [0.2, 0.25) is 5.02 Å². The molecule has 5 rings (SSSR count). The SMILES string of the molecule is CN(c1ccc2nc(-c3ccc(Cl)cc3)c(CN3CCN(C(=O)c4ccnnc4)CC3)n2c1)S(C)(=O)=O. The van der Waals surface area contributed by atoms with Crippen LogP contribution in [0, 0.1) is 0 Å². The van der Waals surface area contributed by atoms with Crippen molar-refractivity contribution < 1.29 is 13.2 Å². The molecule has 1 fully saturated rings. The van der Waals surface area contributed by atoms with Gasteiger partial charge in [0.15, 0.2) is 0 Å². The van der Waals surface area contributed by atoms with Crippen LogP contribution < -0.4 is 4.31 Å². The van der Waals surface area contributed by atoms with Crippen molar-refractivity contribution in [1.82, 2.24) is 29.4 Å². The van der Waals surface area contributed by atoms with Crippen LogP contribution in [0.1, 0.15) is 16.1 Å². The van der Waals surface area contributed by atoms with Gasteiger partial charge in [-0.2, -0.15) is 10.2 Å². The Kier molecular flexibility index (Phi) is 6.84. The Morgan fingerprint density at radius 1 is 1.03 bits per heavy atom. The third-order valence-corrected chi connectivity index (χ3v) is 8.00. The first kappa shape index (κ1) is 25.1. The largest absolute Gasteiger partial charge is 0.336 e. The van der Waals surface area contributed by atoms with Crippen LogP contribution in [0.5, 0.6) is 0 Å². The number of carbonyl (C=O) groups is 1. The molecule has 0 unspecified atom stereocenters. The van der Waals surface area contributed by atoms with Crippen LogP contribution in [-0.2, 0) is 16.6 Å². The third kappa shape index (κ3) is 5.29. The van der Waals surface area contributed by atoms with Crippen molar-refractivity contribution in [3.63, 3.8) is 0 Å². The van der Waals surface area contributed by atoms with Gasteiger partial charge in [-0.3, -0.25) is 18.4 Å². The standard InChI is InChI=1S/C25H26ClN7O3S/c1-30(37(2,35)36)21-7-8-23-29-24(18-3-5-20(26)6-4-18)22(33(23)16-21)17-31-11-13-32(14-12-31)25(34)19-9-10-27-28-15-19/h3-10,15-16H,11-14,17H2,1-2H3. The molecule has 37 heavy (non-hydrogen) atoms. The Morgan fingerprint density at radius 2 is 1.76 bits per heavy atom. The normalized spacial score (nSPS) is 14.7. The lowest BCUT2D eigenvalue weighted by Gasteiger charge is -2.34. The fourth-order valence-corrected chi connectivity index (χ4v) is 4.99. The molecule has 0 spiro atoms. The summed E-state index contributed by atoms with van der Waals surface area (Å²) in [6.07, 6.45) is 5.97. The summed E-state index contributed by atoms with van der Waals surface area (Å²) in [6.45, 7) is 3.09. The number of amides is 1. The highest BCUT2D eigenvalue weighted by molar-refractivity contribution is 7.92. The highest BCUT2D eigenvalue weighted by atomic mass is 35.5. The second-order valence-corrected chi connectivity index (χ2v) is 11.4. The fourth-order valence-electron chi connectivity index (χ4n) is 4.37. The smallest absolute Gasteiger partial charge is 0.255 e. The zero-order valence-electron chi connectivity index (χ0n) is 20.5. The van der Waals surface area contributed by atoms with Gasteiger partial charge in [0, 0.05) is 56.6 Å². The van der Waals surface area contributed by atoms with E-state index in [0.29, 0.717) is 54.6 Å². The third-order valence-electron chi connectivity index (χ3n) is 6.54. The molecule has 4 aromatic rings. The molecule has 1 aliphatic rings. The summed E-state index contributed by atoms with van der Waals surface area (Å²) in [5.41, 5.74) is 4.43. The Bertz CT molecular complexity index is 1530. The molecule has 1 saturated heterocycles. The van der Waals surface area contributed by atoms with Crippen LogP contribution in [0.4, 0.5) is 5.69 Å². The van der Waals surface area contributed by atoms with Gasteiger partial charge in [-0.15, -0.1) is 0 Å². The van der Waals surface area contributed by atoms with Gasteiger partial charge in [0.1, 0.15) is 5.65 Å². The molecule has 0 N–H and O–H groups in total. The van der Waals surface area contributed by atoms with Crippen molar-refractivity contribution in [2.75, 3.05) is 43.8 Å². The van der Waals surface area contributed by atoms with E-state index < -0.39 is 10.0 Å². The average molecular weight is 540 g/mol. The topological polar surface area (TPSA) is 104 Å². The molecule has 0 radical (unpaired) electrons. The van der Waals surface area contributed by atoms with Crippen molar-refractivity contribution in [1.29, 1.82) is 0 Å². The molecule has 0 aliphatic carbocycles. The van der Waals surface area contributed by atoms with Crippen LogP contribution in [-0.4, -0.2) is 83.2 Å². The first-order valence-electron chi connectivity index (χ1n) is 11.7. The molecule has 3 aromatic heterocycles. The number of halogens is 1. The monoisotopic (exact) mass is 539 g/mol. The van der Waals surface area contributed by atoms with E-state index in [1.54, 1.807) is 18.3 Å². The van der Waals surface area contributed by atoms with Gasteiger partial charge in [0.05, 0.1) is 41.3 Å². The number of nitrogens with zero attached hydrogens (tertiary/aromatic N) is 7. The van der Waals surface area contributed by atoms with Crippen molar-refractivity contribution in [3.05, 3.63) is 77.3 Å². The van der Waals surface area contributed by atoms with Gasteiger partial charge >= 0.3 is 0 Å². The maximum absolute atomic E-state index is 12.8. The van der Waals surface area contributed by atoms with Gasteiger partial charge in [-0.05, 0) is 30.3 Å². The van der Waals surface area contributed by atoms with Crippen LogP contribution in [0.15, 0.2) is 61.1 Å². The van der Waals surface area contributed by atoms with Gasteiger partial charge in [0.2, 0.25) is 10.0 Å².